The molecule has 2 aliphatic rings. The highest BCUT2D eigenvalue weighted by molar-refractivity contribution is 6.01. The quantitative estimate of drug-likeness (QED) is 0.377. The predicted molar refractivity (Wildman–Crippen MR) is 155 cm³/mol. The molecule has 0 radical (unpaired) electrons. The zero-order chi connectivity index (χ0) is 30.2. The van der Waals surface area contributed by atoms with Gasteiger partial charge in [0.2, 0.25) is 0 Å². The number of fused-ring (bicyclic) bond motifs is 1. The Morgan fingerprint density at radius 3 is 2.14 bits per heavy atom. The lowest BCUT2D eigenvalue weighted by Gasteiger charge is -2.34. The lowest BCUT2D eigenvalue weighted by molar-refractivity contribution is -0.137. The lowest BCUT2D eigenvalue weighted by atomic mass is 9.88. The van der Waals surface area contributed by atoms with Crippen LogP contribution in [0.1, 0.15) is 72.3 Å². The third kappa shape index (κ3) is 6.75. The first-order valence-electron chi connectivity index (χ1n) is 14.6. The molecule has 0 aliphatic carbocycles. The van der Waals surface area contributed by atoms with E-state index in [9.17, 15) is 22.8 Å². The van der Waals surface area contributed by atoms with E-state index >= 15 is 0 Å². The number of amides is 2. The number of H-pyrrole nitrogens is 1. The summed E-state index contributed by atoms with van der Waals surface area (Å²) in [5, 5.41) is 1.03. The smallest absolute Gasteiger partial charge is 0.416 e. The number of likely N-dealkylation sites (tertiary alicyclic amines) is 1. The van der Waals surface area contributed by atoms with Crippen LogP contribution in [0.25, 0.3) is 10.9 Å². The van der Waals surface area contributed by atoms with Gasteiger partial charge in [0.05, 0.1) is 5.56 Å². The van der Waals surface area contributed by atoms with Gasteiger partial charge in [0.1, 0.15) is 11.3 Å². The van der Waals surface area contributed by atoms with Crippen molar-refractivity contribution in [2.45, 2.75) is 64.8 Å². The van der Waals surface area contributed by atoms with Crippen LogP contribution in [0.4, 0.5) is 18.0 Å². The van der Waals surface area contributed by atoms with Crippen molar-refractivity contribution < 1.29 is 27.5 Å². The second-order valence-corrected chi connectivity index (χ2v) is 12.4. The van der Waals surface area contributed by atoms with Crippen molar-refractivity contribution in [3.8, 4) is 0 Å². The van der Waals surface area contributed by atoms with E-state index in [-0.39, 0.29) is 12.0 Å². The summed E-state index contributed by atoms with van der Waals surface area (Å²) in [5.41, 5.74) is 3.32. The van der Waals surface area contributed by atoms with E-state index in [1.54, 1.807) is 4.90 Å². The first-order valence-corrected chi connectivity index (χ1v) is 14.6. The first kappa shape index (κ1) is 29.9. The highest BCUT2D eigenvalue weighted by atomic mass is 19.4. The zero-order valence-electron chi connectivity index (χ0n) is 24.7. The van der Waals surface area contributed by atoms with Crippen LogP contribution in [0.3, 0.4) is 0 Å². The summed E-state index contributed by atoms with van der Waals surface area (Å²) in [6.45, 7) is 11.8. The fraction of sp³-hybridized carbons (Fsp3) is 0.500. The molecule has 42 heavy (non-hydrogen) atoms. The number of piperidine rings is 1. The average Bonchev–Trinajstić information content (AvgIpc) is 3.27. The Balaban J connectivity index is 1.18. The van der Waals surface area contributed by atoms with E-state index in [1.165, 1.54) is 17.7 Å². The Morgan fingerprint density at radius 1 is 0.905 bits per heavy atom. The molecule has 10 heteroatoms. The number of carbonyl (C=O) groups excluding carboxylic acids is 2. The average molecular weight is 585 g/mol. The molecule has 1 N–H and O–H groups in total. The number of ether oxygens (including phenoxy) is 1. The lowest BCUT2D eigenvalue weighted by Crippen LogP contribution is -2.48. The molecule has 5 rings (SSSR count). The third-order valence-corrected chi connectivity index (χ3v) is 8.26. The second-order valence-electron chi connectivity index (χ2n) is 12.4. The first-order chi connectivity index (χ1) is 19.8. The molecule has 2 aliphatic heterocycles. The zero-order valence-corrected chi connectivity index (χ0v) is 24.7. The molecule has 3 heterocycles. The molecular weight excluding hydrogens is 545 g/mol. The predicted octanol–water partition coefficient (Wildman–Crippen LogP) is 6.57. The number of aryl methyl sites for hydroxylation is 1. The summed E-state index contributed by atoms with van der Waals surface area (Å²) in [5.74, 6) is 0.296. The Morgan fingerprint density at radius 2 is 1.55 bits per heavy atom. The molecule has 0 unspecified atom stereocenters. The molecule has 2 fully saturated rings. The third-order valence-electron chi connectivity index (χ3n) is 8.26. The summed E-state index contributed by atoms with van der Waals surface area (Å²) in [6.07, 6.45) is -2.89. The van der Waals surface area contributed by atoms with Crippen LogP contribution in [-0.2, 0) is 17.5 Å². The Hall–Kier alpha value is -3.53. The number of nitrogens with zero attached hydrogens (tertiary/aromatic N) is 3. The number of alkyl halides is 3. The number of hydrogen-bond acceptors (Lipinski definition) is 4. The van der Waals surface area contributed by atoms with Gasteiger partial charge in [-0.2, -0.15) is 13.2 Å². The molecule has 0 bridgehead atoms. The summed E-state index contributed by atoms with van der Waals surface area (Å²) in [4.78, 5) is 35.0. The topological polar surface area (TPSA) is 68.9 Å². The minimum atomic E-state index is -4.34. The van der Waals surface area contributed by atoms with E-state index < -0.39 is 17.3 Å². The van der Waals surface area contributed by atoms with Crippen LogP contribution in [0.2, 0.25) is 0 Å². The Kier molecular flexibility index (Phi) is 8.29. The number of nitrogens with one attached hydrogen (secondary N) is 1. The molecule has 7 nitrogen and oxygen atoms in total. The van der Waals surface area contributed by atoms with Crippen molar-refractivity contribution in [2.24, 2.45) is 0 Å². The van der Waals surface area contributed by atoms with Gasteiger partial charge in [0.25, 0.3) is 5.91 Å². The van der Waals surface area contributed by atoms with E-state index in [4.69, 9.17) is 4.74 Å². The van der Waals surface area contributed by atoms with Gasteiger partial charge in [-0.1, -0.05) is 18.2 Å². The molecule has 3 aromatic rings. The maximum atomic E-state index is 13.5. The molecule has 0 spiro atoms. The number of halogens is 3. The molecule has 2 aromatic carbocycles. The monoisotopic (exact) mass is 584 g/mol. The van der Waals surface area contributed by atoms with E-state index in [0.29, 0.717) is 57.4 Å². The van der Waals surface area contributed by atoms with Crippen molar-refractivity contribution in [1.29, 1.82) is 0 Å². The number of aromatic nitrogens is 1. The van der Waals surface area contributed by atoms with Crippen molar-refractivity contribution in [3.63, 3.8) is 0 Å². The van der Waals surface area contributed by atoms with Crippen molar-refractivity contribution in [1.82, 2.24) is 19.7 Å². The fourth-order valence-corrected chi connectivity index (χ4v) is 5.86. The summed E-state index contributed by atoms with van der Waals surface area (Å²) >= 11 is 0. The highest BCUT2D eigenvalue weighted by Crippen LogP contribution is 2.33. The van der Waals surface area contributed by atoms with Crippen LogP contribution in [0, 0.1) is 6.92 Å². The number of benzene rings is 2. The van der Waals surface area contributed by atoms with Gasteiger partial charge < -0.3 is 19.5 Å². The number of rotatable bonds is 4. The van der Waals surface area contributed by atoms with Gasteiger partial charge in [0, 0.05) is 56.7 Å². The maximum absolute atomic E-state index is 13.5. The SMILES string of the molecule is Cc1c(C(=O)N2CCN(Cc3ccc(C(F)(F)F)cc3)CC2)[nH]c2ccc(C3CCN(C(=O)OC(C)(C)C)CC3)cc12. The van der Waals surface area contributed by atoms with Crippen molar-refractivity contribution in [2.75, 3.05) is 39.3 Å². The van der Waals surface area contributed by atoms with Crippen LogP contribution in [-0.4, -0.2) is 76.6 Å². The van der Waals surface area contributed by atoms with E-state index in [1.807, 2.05) is 38.7 Å². The Bertz CT molecular complexity index is 1430. The molecular formula is C32H39F3N4O3. The minimum Gasteiger partial charge on any atom is -0.444 e. The summed E-state index contributed by atoms with van der Waals surface area (Å²) in [7, 11) is 0. The maximum Gasteiger partial charge on any atom is 0.416 e. The molecule has 2 amide bonds. The van der Waals surface area contributed by atoms with Crippen LogP contribution < -0.4 is 0 Å². The van der Waals surface area contributed by atoms with Gasteiger partial charge in [-0.05, 0) is 87.4 Å². The molecule has 0 saturated carbocycles. The number of carbonyl (C=O) groups is 2. The van der Waals surface area contributed by atoms with Gasteiger partial charge in [-0.3, -0.25) is 9.69 Å². The second kappa shape index (κ2) is 11.6. The molecule has 226 valence electrons. The van der Waals surface area contributed by atoms with Crippen LogP contribution in [0.15, 0.2) is 42.5 Å². The Labute approximate surface area is 244 Å². The van der Waals surface area contributed by atoms with Crippen LogP contribution >= 0.6 is 0 Å². The van der Waals surface area contributed by atoms with Gasteiger partial charge in [-0.25, -0.2) is 4.79 Å². The standard InChI is InChI=1S/C32H39F3N4O3/c1-21-26-19-24(23-11-13-39(14-12-23)30(41)42-31(2,3)4)7-10-27(26)36-28(21)29(40)38-17-15-37(16-18-38)20-22-5-8-25(9-6-22)32(33,34)35/h5-10,19,23,36H,11-18,20H2,1-4H3. The number of hydrogen-bond donors (Lipinski definition) is 1. The largest absolute Gasteiger partial charge is 0.444 e. The summed E-state index contributed by atoms with van der Waals surface area (Å²) < 4.78 is 44.1. The molecule has 2 saturated heterocycles. The fourth-order valence-electron chi connectivity index (χ4n) is 5.86. The van der Waals surface area contributed by atoms with E-state index in [2.05, 4.69) is 22.0 Å². The van der Waals surface area contributed by atoms with Crippen molar-refractivity contribution in [3.05, 3.63) is 70.4 Å². The van der Waals surface area contributed by atoms with E-state index in [0.717, 1.165) is 47.0 Å². The number of aromatic amines is 1. The highest BCUT2D eigenvalue weighted by Gasteiger charge is 2.31. The van der Waals surface area contributed by atoms with Crippen LogP contribution in [0.5, 0.6) is 0 Å². The van der Waals surface area contributed by atoms with Gasteiger partial charge in [0.15, 0.2) is 0 Å². The van der Waals surface area contributed by atoms with Crippen molar-refractivity contribution >= 4 is 22.9 Å². The normalized spacial score (nSPS) is 17.6. The van der Waals surface area contributed by atoms with Gasteiger partial charge >= 0.3 is 12.3 Å². The molecule has 1 aromatic heterocycles. The number of piperazine rings is 1. The summed E-state index contributed by atoms with van der Waals surface area (Å²) in [6, 6.07) is 11.6. The minimum absolute atomic E-state index is 0.0369. The van der Waals surface area contributed by atoms with Gasteiger partial charge in [-0.15, -0.1) is 0 Å². The molecule has 0 atom stereocenters.